The third kappa shape index (κ3) is 3.29. The standard InChI is InChI=1S/C13H15N3O2/c14-7-10-1-3-11(4-2-10)15-13(18)9-16-6-5-12(17)8-16/h1-4,12,17H,5-6,8-9H2,(H,15,18)/t12-/m0/s1. The highest BCUT2D eigenvalue weighted by Crippen LogP contribution is 2.11. The topological polar surface area (TPSA) is 76.4 Å². The minimum Gasteiger partial charge on any atom is -0.392 e. The zero-order valence-corrected chi connectivity index (χ0v) is 9.97. The monoisotopic (exact) mass is 245 g/mol. The van der Waals surface area contributed by atoms with Crippen LogP contribution in [-0.4, -0.2) is 41.7 Å². The average molecular weight is 245 g/mol. The van der Waals surface area contributed by atoms with Crippen LogP contribution < -0.4 is 5.32 Å². The molecule has 0 spiro atoms. The molecule has 0 radical (unpaired) electrons. The fourth-order valence-electron chi connectivity index (χ4n) is 1.99. The molecule has 0 saturated carbocycles. The Labute approximate surface area is 106 Å². The maximum Gasteiger partial charge on any atom is 0.238 e. The molecule has 94 valence electrons. The van der Waals surface area contributed by atoms with Crippen LogP contribution in [0.3, 0.4) is 0 Å². The van der Waals surface area contributed by atoms with Gasteiger partial charge in [0.25, 0.3) is 0 Å². The first-order valence-corrected chi connectivity index (χ1v) is 5.88. The Morgan fingerprint density at radius 2 is 2.22 bits per heavy atom. The van der Waals surface area contributed by atoms with Gasteiger partial charge in [0.15, 0.2) is 0 Å². The van der Waals surface area contributed by atoms with Gasteiger partial charge in [-0.15, -0.1) is 0 Å². The average Bonchev–Trinajstić information content (AvgIpc) is 2.75. The van der Waals surface area contributed by atoms with Crippen molar-refractivity contribution in [3.63, 3.8) is 0 Å². The van der Waals surface area contributed by atoms with Gasteiger partial charge in [-0.05, 0) is 30.7 Å². The molecule has 0 bridgehead atoms. The number of carbonyl (C=O) groups is 1. The van der Waals surface area contributed by atoms with Crippen molar-refractivity contribution in [2.24, 2.45) is 0 Å². The summed E-state index contributed by atoms with van der Waals surface area (Å²) < 4.78 is 0. The van der Waals surface area contributed by atoms with Crippen molar-refractivity contribution in [3.05, 3.63) is 29.8 Å². The molecule has 1 fully saturated rings. The maximum atomic E-state index is 11.7. The van der Waals surface area contributed by atoms with Crippen molar-refractivity contribution in [2.45, 2.75) is 12.5 Å². The van der Waals surface area contributed by atoms with E-state index in [1.54, 1.807) is 24.3 Å². The van der Waals surface area contributed by atoms with Gasteiger partial charge in [0.2, 0.25) is 5.91 Å². The smallest absolute Gasteiger partial charge is 0.238 e. The molecule has 0 aromatic heterocycles. The summed E-state index contributed by atoms with van der Waals surface area (Å²) in [5.41, 5.74) is 1.24. The fraction of sp³-hybridized carbons (Fsp3) is 0.385. The van der Waals surface area contributed by atoms with E-state index in [1.165, 1.54) is 0 Å². The van der Waals surface area contributed by atoms with Crippen LogP contribution in [-0.2, 0) is 4.79 Å². The van der Waals surface area contributed by atoms with Crippen LogP contribution in [0.5, 0.6) is 0 Å². The zero-order chi connectivity index (χ0) is 13.0. The van der Waals surface area contributed by atoms with Crippen LogP contribution in [0.15, 0.2) is 24.3 Å². The van der Waals surface area contributed by atoms with Crippen molar-refractivity contribution in [3.8, 4) is 6.07 Å². The molecular weight excluding hydrogens is 230 g/mol. The molecule has 1 saturated heterocycles. The highest BCUT2D eigenvalue weighted by atomic mass is 16.3. The number of hydrogen-bond acceptors (Lipinski definition) is 4. The Hall–Kier alpha value is -1.90. The van der Waals surface area contributed by atoms with Gasteiger partial charge in [0, 0.05) is 18.8 Å². The van der Waals surface area contributed by atoms with Gasteiger partial charge < -0.3 is 10.4 Å². The first-order valence-electron chi connectivity index (χ1n) is 5.88. The zero-order valence-electron chi connectivity index (χ0n) is 9.97. The molecule has 1 atom stereocenters. The second kappa shape index (κ2) is 5.63. The number of β-amino-alcohol motifs (C(OH)–C–C–N with tert-alkyl or cyclic N) is 1. The van der Waals surface area contributed by atoms with Crippen molar-refractivity contribution in [1.29, 1.82) is 5.26 Å². The first kappa shape index (κ1) is 12.6. The molecule has 1 aliphatic rings. The van der Waals surface area contributed by atoms with Crippen molar-refractivity contribution in [2.75, 3.05) is 25.0 Å². The predicted octanol–water partition coefficient (Wildman–Crippen LogP) is 0.563. The van der Waals surface area contributed by atoms with E-state index >= 15 is 0 Å². The van der Waals surface area contributed by atoms with E-state index < -0.39 is 0 Å². The molecule has 0 aliphatic carbocycles. The number of nitriles is 1. The van der Waals surface area contributed by atoms with Crippen LogP contribution in [0, 0.1) is 11.3 Å². The number of amides is 1. The Bertz CT molecular complexity index is 464. The molecule has 1 amide bonds. The number of rotatable bonds is 3. The lowest BCUT2D eigenvalue weighted by molar-refractivity contribution is -0.117. The first-order chi connectivity index (χ1) is 8.67. The maximum absolute atomic E-state index is 11.7. The lowest BCUT2D eigenvalue weighted by Crippen LogP contribution is -2.32. The van der Waals surface area contributed by atoms with Gasteiger partial charge in [-0.3, -0.25) is 9.69 Å². The van der Waals surface area contributed by atoms with E-state index in [4.69, 9.17) is 5.26 Å². The SMILES string of the molecule is N#Cc1ccc(NC(=O)CN2CC[C@H](O)C2)cc1. The lowest BCUT2D eigenvalue weighted by Gasteiger charge is -2.14. The highest BCUT2D eigenvalue weighted by molar-refractivity contribution is 5.92. The highest BCUT2D eigenvalue weighted by Gasteiger charge is 2.21. The van der Waals surface area contributed by atoms with Crippen LogP contribution >= 0.6 is 0 Å². The number of benzene rings is 1. The van der Waals surface area contributed by atoms with Crippen LogP contribution in [0.25, 0.3) is 0 Å². The normalized spacial score (nSPS) is 19.4. The number of nitrogens with zero attached hydrogens (tertiary/aromatic N) is 2. The molecular formula is C13H15N3O2. The molecule has 1 aromatic carbocycles. The lowest BCUT2D eigenvalue weighted by atomic mass is 10.2. The fourth-order valence-corrected chi connectivity index (χ4v) is 1.99. The molecule has 2 rings (SSSR count). The van der Waals surface area contributed by atoms with E-state index in [2.05, 4.69) is 5.32 Å². The van der Waals surface area contributed by atoms with Gasteiger partial charge in [0.1, 0.15) is 0 Å². The third-order valence-electron chi connectivity index (χ3n) is 2.91. The molecule has 5 nitrogen and oxygen atoms in total. The van der Waals surface area contributed by atoms with Crippen LogP contribution in [0.2, 0.25) is 0 Å². The molecule has 18 heavy (non-hydrogen) atoms. The van der Waals surface area contributed by atoms with Crippen LogP contribution in [0.1, 0.15) is 12.0 Å². The number of carbonyl (C=O) groups excluding carboxylic acids is 1. The Morgan fingerprint density at radius 1 is 1.50 bits per heavy atom. The Morgan fingerprint density at radius 3 is 2.78 bits per heavy atom. The Balaban J connectivity index is 1.85. The predicted molar refractivity (Wildman–Crippen MR) is 66.9 cm³/mol. The van der Waals surface area contributed by atoms with Gasteiger partial charge in [-0.25, -0.2) is 0 Å². The summed E-state index contributed by atoms with van der Waals surface area (Å²) in [6.07, 6.45) is 0.414. The molecule has 0 unspecified atom stereocenters. The minimum atomic E-state index is -0.312. The van der Waals surface area contributed by atoms with Gasteiger partial charge >= 0.3 is 0 Å². The van der Waals surface area contributed by atoms with Crippen molar-refractivity contribution >= 4 is 11.6 Å². The van der Waals surface area contributed by atoms with E-state index in [0.29, 0.717) is 17.8 Å². The minimum absolute atomic E-state index is 0.103. The number of aliphatic hydroxyl groups excluding tert-OH is 1. The van der Waals surface area contributed by atoms with E-state index in [1.807, 2.05) is 11.0 Å². The second-order valence-corrected chi connectivity index (χ2v) is 4.41. The summed E-state index contributed by atoms with van der Waals surface area (Å²) in [6, 6.07) is 8.75. The van der Waals surface area contributed by atoms with Gasteiger partial charge in [0.05, 0.1) is 24.3 Å². The molecule has 1 aromatic rings. The summed E-state index contributed by atoms with van der Waals surface area (Å²) >= 11 is 0. The molecule has 2 N–H and O–H groups in total. The summed E-state index contributed by atoms with van der Waals surface area (Å²) in [4.78, 5) is 13.7. The Kier molecular flexibility index (Phi) is 3.92. The quantitative estimate of drug-likeness (QED) is 0.816. The van der Waals surface area contributed by atoms with E-state index in [-0.39, 0.29) is 18.6 Å². The number of anilines is 1. The van der Waals surface area contributed by atoms with E-state index in [9.17, 15) is 9.90 Å². The molecule has 1 heterocycles. The summed E-state index contributed by atoms with van der Waals surface area (Å²) in [5, 5.41) is 20.8. The number of hydrogen-bond donors (Lipinski definition) is 2. The number of aliphatic hydroxyl groups is 1. The van der Waals surface area contributed by atoms with Crippen molar-refractivity contribution < 1.29 is 9.90 Å². The summed E-state index contributed by atoms with van der Waals surface area (Å²) in [5.74, 6) is -0.103. The third-order valence-corrected chi connectivity index (χ3v) is 2.91. The molecule has 1 aliphatic heterocycles. The van der Waals surface area contributed by atoms with Crippen LogP contribution in [0.4, 0.5) is 5.69 Å². The molecule has 5 heteroatoms. The largest absolute Gasteiger partial charge is 0.392 e. The van der Waals surface area contributed by atoms with Gasteiger partial charge in [-0.2, -0.15) is 5.26 Å². The summed E-state index contributed by atoms with van der Waals surface area (Å²) in [7, 11) is 0. The number of nitrogens with one attached hydrogen (secondary N) is 1. The van der Waals surface area contributed by atoms with Gasteiger partial charge in [-0.1, -0.05) is 0 Å². The summed E-state index contributed by atoms with van der Waals surface area (Å²) in [6.45, 7) is 1.60. The van der Waals surface area contributed by atoms with Crippen molar-refractivity contribution in [1.82, 2.24) is 4.90 Å². The second-order valence-electron chi connectivity index (χ2n) is 4.41. The van der Waals surface area contributed by atoms with E-state index in [0.717, 1.165) is 13.0 Å². The number of likely N-dealkylation sites (tertiary alicyclic amines) is 1.